The van der Waals surface area contributed by atoms with Crippen LogP contribution in [0.5, 0.6) is 5.75 Å². The third-order valence-corrected chi connectivity index (χ3v) is 8.43. The van der Waals surface area contributed by atoms with Crippen LogP contribution in [0, 0.1) is 17.8 Å². The summed E-state index contributed by atoms with van der Waals surface area (Å²) in [6.45, 7) is 6.94. The molecule has 0 fully saturated rings. The molecule has 3 amide bonds. The van der Waals surface area contributed by atoms with Crippen LogP contribution in [-0.2, 0) is 30.3 Å². The number of esters is 1. The summed E-state index contributed by atoms with van der Waals surface area (Å²) < 4.78 is 10.9. The van der Waals surface area contributed by atoms with Crippen LogP contribution in [0.25, 0.3) is 0 Å². The van der Waals surface area contributed by atoms with Crippen molar-refractivity contribution < 1.29 is 38.9 Å². The van der Waals surface area contributed by atoms with Crippen molar-refractivity contribution in [1.29, 1.82) is 0 Å². The number of hydrogen-bond acceptors (Lipinski definition) is 8. The van der Waals surface area contributed by atoms with Gasteiger partial charge in [-0.3, -0.25) is 19.2 Å². The minimum absolute atomic E-state index is 0.00340. The van der Waals surface area contributed by atoms with E-state index in [1.165, 1.54) is 19.3 Å². The zero-order valence-electron chi connectivity index (χ0n) is 27.4. The third-order valence-electron chi connectivity index (χ3n) is 8.14. The molecule has 2 aromatic carbocycles. The van der Waals surface area contributed by atoms with Gasteiger partial charge in [0, 0.05) is 24.9 Å². The van der Waals surface area contributed by atoms with Gasteiger partial charge in [0.25, 0.3) is 5.91 Å². The molecule has 2 aromatic rings. The SMILES string of the molecule is COc1ccc(CC2NC(=O)/C=C/C[C@@H]([C@H](C)[C@@H](O)[C@H](O)c3ccccc3)NC(=O)[C@H](CC(C)C)OC(=O)[C@H](C)CNC2=O)cc1Cl. The fourth-order valence-electron chi connectivity index (χ4n) is 5.23. The van der Waals surface area contributed by atoms with Crippen molar-refractivity contribution in [3.8, 4) is 5.75 Å². The first kappa shape index (κ1) is 37.5. The molecule has 0 bridgehead atoms. The number of methoxy groups -OCH3 is 1. The van der Waals surface area contributed by atoms with Crippen LogP contribution >= 0.6 is 11.6 Å². The van der Waals surface area contributed by atoms with Crippen LogP contribution in [0.4, 0.5) is 0 Å². The molecule has 1 aliphatic heterocycles. The Morgan fingerprint density at radius 3 is 2.34 bits per heavy atom. The topological polar surface area (TPSA) is 163 Å². The highest BCUT2D eigenvalue weighted by atomic mass is 35.5. The van der Waals surface area contributed by atoms with Crippen LogP contribution in [-0.4, -0.2) is 71.9 Å². The molecule has 7 atom stereocenters. The maximum Gasteiger partial charge on any atom is 0.311 e. The highest BCUT2D eigenvalue weighted by molar-refractivity contribution is 6.32. The molecule has 0 radical (unpaired) electrons. The maximum absolute atomic E-state index is 13.5. The number of benzene rings is 2. The number of aliphatic hydroxyl groups excluding tert-OH is 2. The maximum atomic E-state index is 13.5. The van der Waals surface area contributed by atoms with Gasteiger partial charge in [-0.25, -0.2) is 0 Å². The second-order valence-electron chi connectivity index (χ2n) is 12.4. The average molecular weight is 672 g/mol. The Kier molecular flexibility index (Phi) is 14.2. The third kappa shape index (κ3) is 11.1. The highest BCUT2D eigenvalue weighted by Gasteiger charge is 2.34. The molecule has 0 aromatic heterocycles. The lowest BCUT2D eigenvalue weighted by Gasteiger charge is -2.32. The molecule has 1 aliphatic rings. The van der Waals surface area contributed by atoms with Gasteiger partial charge in [-0.05, 0) is 48.1 Å². The van der Waals surface area contributed by atoms with Gasteiger partial charge in [0.05, 0.1) is 24.2 Å². The van der Waals surface area contributed by atoms with Gasteiger partial charge in [-0.2, -0.15) is 0 Å². The molecule has 0 spiro atoms. The van der Waals surface area contributed by atoms with Crippen LogP contribution in [0.15, 0.2) is 60.7 Å². The Hall–Kier alpha value is -3.93. The van der Waals surface area contributed by atoms with Gasteiger partial charge in [0.1, 0.15) is 17.9 Å². The van der Waals surface area contributed by atoms with Gasteiger partial charge < -0.3 is 35.6 Å². The molecule has 3 rings (SSSR count). The zero-order valence-corrected chi connectivity index (χ0v) is 28.2. The molecule has 0 aliphatic carbocycles. The molecular formula is C35H46ClN3O8. The Labute approximate surface area is 281 Å². The van der Waals surface area contributed by atoms with E-state index in [0.29, 0.717) is 21.9 Å². The monoisotopic (exact) mass is 671 g/mol. The lowest BCUT2D eigenvalue weighted by Crippen LogP contribution is -2.51. The van der Waals surface area contributed by atoms with Crippen LogP contribution in [0.1, 0.15) is 57.8 Å². The molecule has 256 valence electrons. The van der Waals surface area contributed by atoms with E-state index < -0.39 is 65.9 Å². The molecule has 0 saturated heterocycles. The van der Waals surface area contributed by atoms with Crippen LogP contribution in [0.2, 0.25) is 5.02 Å². The standard InChI is InChI=1S/C35H46ClN3O8/c1-20(2)16-29-34(44)39-26(22(4)31(41)32(42)24-10-7-6-8-11-24)12-9-13-30(40)38-27(33(43)37-19-21(3)35(45)47-29)18-23-14-15-28(46-5)25(36)17-23/h6-11,13-15,17,20-22,26-27,29,31-32,41-42H,12,16,18-19H2,1-5H3,(H,37,43)(H,38,40)(H,39,44)/b13-9+/t21-,22+,26+,27?,29+,31-,32-/m1/s1. The molecular weight excluding hydrogens is 626 g/mol. The Morgan fingerprint density at radius 2 is 1.70 bits per heavy atom. The minimum Gasteiger partial charge on any atom is -0.495 e. The molecule has 11 nitrogen and oxygen atoms in total. The summed E-state index contributed by atoms with van der Waals surface area (Å²) in [6.07, 6.45) is -0.469. The fraction of sp³-hybridized carbons (Fsp3) is 0.486. The summed E-state index contributed by atoms with van der Waals surface area (Å²) in [5.41, 5.74) is 1.17. The Balaban J connectivity index is 1.92. The van der Waals surface area contributed by atoms with E-state index in [4.69, 9.17) is 21.1 Å². The molecule has 1 heterocycles. The first-order valence-corrected chi connectivity index (χ1v) is 16.2. The summed E-state index contributed by atoms with van der Waals surface area (Å²) in [4.78, 5) is 53.0. The number of nitrogens with one attached hydrogen (secondary N) is 3. The van der Waals surface area contributed by atoms with Crippen molar-refractivity contribution in [2.75, 3.05) is 13.7 Å². The smallest absolute Gasteiger partial charge is 0.311 e. The Morgan fingerprint density at radius 1 is 1.00 bits per heavy atom. The summed E-state index contributed by atoms with van der Waals surface area (Å²) in [5.74, 6) is -3.38. The molecule has 5 N–H and O–H groups in total. The van der Waals surface area contributed by atoms with Crippen molar-refractivity contribution >= 4 is 35.3 Å². The highest BCUT2D eigenvalue weighted by Crippen LogP contribution is 2.27. The number of carbonyl (C=O) groups is 4. The largest absolute Gasteiger partial charge is 0.495 e. The summed E-state index contributed by atoms with van der Waals surface area (Å²) >= 11 is 6.29. The average Bonchev–Trinajstić information content (AvgIpc) is 3.04. The number of amides is 3. The van der Waals surface area contributed by atoms with Gasteiger partial charge >= 0.3 is 5.97 Å². The van der Waals surface area contributed by atoms with Crippen molar-refractivity contribution in [2.24, 2.45) is 17.8 Å². The zero-order chi connectivity index (χ0) is 34.7. The molecule has 12 heteroatoms. The van der Waals surface area contributed by atoms with Crippen molar-refractivity contribution in [3.05, 3.63) is 76.8 Å². The fourth-order valence-corrected chi connectivity index (χ4v) is 5.51. The second kappa shape index (κ2) is 17.8. The van der Waals surface area contributed by atoms with E-state index in [1.54, 1.807) is 62.4 Å². The number of carbonyl (C=O) groups excluding carboxylic acids is 4. The van der Waals surface area contributed by atoms with E-state index in [0.717, 1.165) is 0 Å². The van der Waals surface area contributed by atoms with E-state index >= 15 is 0 Å². The number of hydrogen-bond donors (Lipinski definition) is 5. The minimum atomic E-state index is -1.29. The van der Waals surface area contributed by atoms with Crippen LogP contribution < -0.4 is 20.7 Å². The van der Waals surface area contributed by atoms with Gasteiger partial charge in [0.15, 0.2) is 6.10 Å². The predicted octanol–water partition coefficient (Wildman–Crippen LogP) is 3.26. The van der Waals surface area contributed by atoms with Gasteiger partial charge in [-0.1, -0.05) is 81.8 Å². The van der Waals surface area contributed by atoms with Crippen molar-refractivity contribution in [2.45, 2.75) is 77.4 Å². The first-order chi connectivity index (χ1) is 22.3. The summed E-state index contributed by atoms with van der Waals surface area (Å²) in [5, 5.41) is 30.7. The van der Waals surface area contributed by atoms with E-state index in [9.17, 15) is 29.4 Å². The first-order valence-electron chi connectivity index (χ1n) is 15.8. The second-order valence-corrected chi connectivity index (χ2v) is 12.8. The summed E-state index contributed by atoms with van der Waals surface area (Å²) in [7, 11) is 1.49. The van der Waals surface area contributed by atoms with Crippen molar-refractivity contribution in [1.82, 2.24) is 16.0 Å². The number of halogens is 1. The number of rotatable bonds is 9. The van der Waals surface area contributed by atoms with E-state index in [2.05, 4.69) is 16.0 Å². The number of aliphatic hydroxyl groups is 2. The lowest BCUT2D eigenvalue weighted by atomic mass is 9.87. The van der Waals surface area contributed by atoms with E-state index in [1.807, 2.05) is 13.8 Å². The number of ether oxygens (including phenoxy) is 2. The summed E-state index contributed by atoms with van der Waals surface area (Å²) in [6, 6.07) is 11.9. The van der Waals surface area contributed by atoms with Crippen molar-refractivity contribution in [3.63, 3.8) is 0 Å². The number of cyclic esters (lactones) is 1. The van der Waals surface area contributed by atoms with Gasteiger partial charge in [0.2, 0.25) is 11.8 Å². The normalized spacial score (nSPS) is 24.3. The van der Waals surface area contributed by atoms with Crippen LogP contribution in [0.3, 0.4) is 0 Å². The van der Waals surface area contributed by atoms with E-state index in [-0.39, 0.29) is 31.7 Å². The van der Waals surface area contributed by atoms with Gasteiger partial charge in [-0.15, -0.1) is 0 Å². The predicted molar refractivity (Wildman–Crippen MR) is 177 cm³/mol. The molecule has 47 heavy (non-hydrogen) atoms. The molecule has 0 saturated carbocycles. The Bertz CT molecular complexity index is 1400. The molecule has 1 unspecified atom stereocenters. The lowest BCUT2D eigenvalue weighted by molar-refractivity contribution is -0.160. The quantitative estimate of drug-likeness (QED) is 0.254.